The summed E-state index contributed by atoms with van der Waals surface area (Å²) in [5, 5.41) is 0.718. The Morgan fingerprint density at radius 3 is 2.60 bits per heavy atom. The van der Waals surface area contributed by atoms with Crippen LogP contribution in [-0.4, -0.2) is 12.1 Å². The quantitative estimate of drug-likeness (QED) is 0.653. The molecule has 0 aliphatic heterocycles. The zero-order chi connectivity index (χ0) is 18.4. The number of benzene rings is 1. The van der Waals surface area contributed by atoms with E-state index in [1.807, 2.05) is 6.08 Å². The second-order valence-electron chi connectivity index (χ2n) is 5.93. The molecule has 2 aromatic rings. The van der Waals surface area contributed by atoms with Gasteiger partial charge in [0.05, 0.1) is 17.7 Å². The van der Waals surface area contributed by atoms with E-state index in [9.17, 15) is 13.2 Å². The Morgan fingerprint density at radius 1 is 1.24 bits per heavy atom. The van der Waals surface area contributed by atoms with Crippen molar-refractivity contribution in [1.29, 1.82) is 0 Å². The largest absolute Gasteiger partial charge is 0.480 e. The minimum atomic E-state index is -4.35. The van der Waals surface area contributed by atoms with Gasteiger partial charge in [-0.05, 0) is 48.6 Å². The summed E-state index contributed by atoms with van der Waals surface area (Å²) < 4.78 is 44.1. The van der Waals surface area contributed by atoms with Crippen molar-refractivity contribution in [2.75, 3.05) is 7.11 Å². The maximum absolute atomic E-state index is 13.0. The molecule has 0 saturated heterocycles. The van der Waals surface area contributed by atoms with Gasteiger partial charge in [-0.25, -0.2) is 4.98 Å². The van der Waals surface area contributed by atoms with Crippen LogP contribution in [0, 0.1) is 6.92 Å². The summed E-state index contributed by atoms with van der Waals surface area (Å²) >= 11 is 12.5. The number of alkyl halides is 3. The van der Waals surface area contributed by atoms with Crippen LogP contribution in [0.2, 0.25) is 10.0 Å². The molecule has 1 aromatic carbocycles. The molecular weight excluding hydrogens is 374 g/mol. The van der Waals surface area contributed by atoms with E-state index >= 15 is 0 Å². The fraction of sp³-hybridized carbons (Fsp3) is 0.278. The Hall–Kier alpha value is -1.72. The van der Waals surface area contributed by atoms with Gasteiger partial charge >= 0.3 is 6.18 Å². The predicted octanol–water partition coefficient (Wildman–Crippen LogP) is 5.91. The van der Waals surface area contributed by atoms with E-state index in [0.29, 0.717) is 39.6 Å². The summed E-state index contributed by atoms with van der Waals surface area (Å²) in [5.74, 6) is 0.271. The first-order chi connectivity index (χ1) is 11.7. The van der Waals surface area contributed by atoms with Gasteiger partial charge in [0.2, 0.25) is 5.88 Å². The third-order valence-electron chi connectivity index (χ3n) is 4.20. The van der Waals surface area contributed by atoms with Crippen LogP contribution >= 0.6 is 23.2 Å². The molecule has 0 spiro atoms. The Morgan fingerprint density at radius 2 is 1.96 bits per heavy atom. The zero-order valence-corrected chi connectivity index (χ0v) is 15.0. The molecule has 0 atom stereocenters. The van der Waals surface area contributed by atoms with Gasteiger partial charge in [0, 0.05) is 11.8 Å². The number of aromatic nitrogens is 1. The Bertz CT molecular complexity index is 876. The van der Waals surface area contributed by atoms with Crippen LogP contribution in [0.5, 0.6) is 5.88 Å². The first-order valence-corrected chi connectivity index (χ1v) is 8.23. The van der Waals surface area contributed by atoms with Gasteiger partial charge in [-0.1, -0.05) is 34.9 Å². The number of rotatable bonds is 3. The maximum Gasteiger partial charge on any atom is 0.416 e. The number of methoxy groups -OCH3 is 1. The SMILES string of the molecule is COc1ncc(Cl)c(CC2=Cc3c(C)cc(C(F)(F)F)cc3C2)c1Cl. The van der Waals surface area contributed by atoms with Crippen molar-refractivity contribution < 1.29 is 17.9 Å². The smallest absolute Gasteiger partial charge is 0.416 e. The Kier molecular flexibility index (Phi) is 4.73. The molecule has 0 bridgehead atoms. The summed E-state index contributed by atoms with van der Waals surface area (Å²) in [4.78, 5) is 3.99. The van der Waals surface area contributed by atoms with E-state index in [4.69, 9.17) is 27.9 Å². The molecule has 0 N–H and O–H groups in total. The number of halogens is 5. The van der Waals surface area contributed by atoms with E-state index in [1.54, 1.807) is 6.92 Å². The number of allylic oxidation sites excluding steroid dienone is 1. The Balaban J connectivity index is 1.93. The lowest BCUT2D eigenvalue weighted by Crippen LogP contribution is -2.06. The van der Waals surface area contributed by atoms with Crippen LogP contribution in [0.15, 0.2) is 23.9 Å². The van der Waals surface area contributed by atoms with Crippen molar-refractivity contribution in [1.82, 2.24) is 4.98 Å². The lowest BCUT2D eigenvalue weighted by atomic mass is 9.99. The fourth-order valence-corrected chi connectivity index (χ4v) is 3.57. The number of hydrogen-bond acceptors (Lipinski definition) is 2. The minimum Gasteiger partial charge on any atom is -0.480 e. The molecule has 1 aliphatic rings. The van der Waals surface area contributed by atoms with Crippen LogP contribution in [0.25, 0.3) is 6.08 Å². The van der Waals surface area contributed by atoms with Crippen molar-refractivity contribution in [2.45, 2.75) is 25.9 Å². The van der Waals surface area contributed by atoms with Gasteiger partial charge in [-0.3, -0.25) is 0 Å². The number of aryl methyl sites for hydroxylation is 1. The Labute approximate surface area is 153 Å². The summed E-state index contributed by atoms with van der Waals surface area (Å²) in [7, 11) is 1.46. The molecule has 132 valence electrons. The molecule has 25 heavy (non-hydrogen) atoms. The highest BCUT2D eigenvalue weighted by atomic mass is 35.5. The average Bonchev–Trinajstić information content (AvgIpc) is 2.94. The molecule has 0 saturated carbocycles. The van der Waals surface area contributed by atoms with Gasteiger partial charge in [-0.15, -0.1) is 0 Å². The van der Waals surface area contributed by atoms with E-state index < -0.39 is 11.7 Å². The highest BCUT2D eigenvalue weighted by Gasteiger charge is 2.32. The van der Waals surface area contributed by atoms with E-state index in [2.05, 4.69) is 4.98 Å². The van der Waals surface area contributed by atoms with Crippen molar-refractivity contribution in [3.05, 3.63) is 61.8 Å². The molecular formula is C18H14Cl2F3NO. The number of hydrogen-bond donors (Lipinski definition) is 0. The summed E-state index contributed by atoms with van der Waals surface area (Å²) in [6.07, 6.45) is -0.140. The topological polar surface area (TPSA) is 22.1 Å². The maximum atomic E-state index is 13.0. The molecule has 2 nitrogen and oxygen atoms in total. The molecule has 7 heteroatoms. The number of nitrogens with zero attached hydrogens (tertiary/aromatic N) is 1. The van der Waals surface area contributed by atoms with Gasteiger partial charge in [0.25, 0.3) is 0 Å². The lowest BCUT2D eigenvalue weighted by Gasteiger charge is -2.11. The fourth-order valence-electron chi connectivity index (χ4n) is 3.02. The van der Waals surface area contributed by atoms with Crippen LogP contribution in [0.4, 0.5) is 13.2 Å². The van der Waals surface area contributed by atoms with Crippen molar-refractivity contribution in [2.24, 2.45) is 0 Å². The highest BCUT2D eigenvalue weighted by molar-refractivity contribution is 6.36. The van der Waals surface area contributed by atoms with E-state index in [0.717, 1.165) is 11.1 Å². The molecule has 0 fully saturated rings. The van der Waals surface area contributed by atoms with Crippen LogP contribution in [-0.2, 0) is 19.0 Å². The third-order valence-corrected chi connectivity index (χ3v) is 4.91. The second-order valence-corrected chi connectivity index (χ2v) is 6.71. The number of pyridine rings is 1. The normalized spacial score (nSPS) is 13.6. The van der Waals surface area contributed by atoms with Crippen molar-refractivity contribution in [3.63, 3.8) is 0 Å². The van der Waals surface area contributed by atoms with Gasteiger partial charge in [0.15, 0.2) is 0 Å². The van der Waals surface area contributed by atoms with Crippen LogP contribution in [0.1, 0.15) is 27.8 Å². The van der Waals surface area contributed by atoms with Gasteiger partial charge < -0.3 is 4.74 Å². The molecule has 3 rings (SSSR count). The van der Waals surface area contributed by atoms with Crippen molar-refractivity contribution in [3.8, 4) is 5.88 Å². The van der Waals surface area contributed by atoms with Crippen molar-refractivity contribution >= 4 is 29.3 Å². The summed E-state index contributed by atoms with van der Waals surface area (Å²) in [6.45, 7) is 1.68. The summed E-state index contributed by atoms with van der Waals surface area (Å²) in [6, 6.07) is 2.38. The average molecular weight is 388 g/mol. The monoisotopic (exact) mass is 387 g/mol. The molecule has 0 amide bonds. The minimum absolute atomic E-state index is 0.271. The van der Waals surface area contributed by atoms with Crippen LogP contribution in [0.3, 0.4) is 0 Å². The number of ether oxygens (including phenoxy) is 1. The van der Waals surface area contributed by atoms with Crippen LogP contribution < -0.4 is 4.74 Å². The van der Waals surface area contributed by atoms with Gasteiger partial charge in [0.1, 0.15) is 5.02 Å². The van der Waals surface area contributed by atoms with E-state index in [-0.39, 0.29) is 5.88 Å². The second kappa shape index (κ2) is 6.54. The number of fused-ring (bicyclic) bond motifs is 1. The molecule has 1 aromatic heterocycles. The highest BCUT2D eigenvalue weighted by Crippen LogP contribution is 2.39. The lowest BCUT2D eigenvalue weighted by molar-refractivity contribution is -0.137. The summed E-state index contributed by atoms with van der Waals surface area (Å²) in [5.41, 5.74) is 3.06. The predicted molar refractivity (Wildman–Crippen MR) is 92.4 cm³/mol. The first kappa shape index (κ1) is 18.1. The molecule has 0 radical (unpaired) electrons. The molecule has 0 unspecified atom stereocenters. The molecule has 1 aliphatic carbocycles. The first-order valence-electron chi connectivity index (χ1n) is 7.47. The third kappa shape index (κ3) is 3.48. The standard InChI is InChI=1S/C18H14Cl2F3NO/c1-9-3-12(18(21,22)23)7-11-4-10(5-13(9)11)6-14-15(19)8-24-17(25-2)16(14)20/h3,5,7-8H,4,6H2,1-2H3. The molecule has 1 heterocycles. The van der Waals surface area contributed by atoms with E-state index in [1.165, 1.54) is 25.4 Å². The van der Waals surface area contributed by atoms with Gasteiger partial charge in [-0.2, -0.15) is 13.2 Å². The zero-order valence-electron chi connectivity index (χ0n) is 13.5.